The normalized spacial score (nSPS) is 11.4. The maximum Gasteiger partial charge on any atom is 0.0906 e. The summed E-state index contributed by atoms with van der Waals surface area (Å²) in [5, 5.41) is 3.58. The molecular formula is C30H33N3S. The number of anilines is 1. The Morgan fingerprint density at radius 2 is 1.29 bits per heavy atom. The molecule has 4 aromatic rings. The fourth-order valence-corrected chi connectivity index (χ4v) is 5.75. The Kier molecular flexibility index (Phi) is 8.40. The largest absolute Gasteiger partial charge is 0.378 e. The van der Waals surface area contributed by atoms with Gasteiger partial charge in [0.25, 0.3) is 0 Å². The second-order valence-corrected chi connectivity index (χ2v) is 9.87. The number of benzene rings is 3. The third kappa shape index (κ3) is 5.69. The highest BCUT2D eigenvalue weighted by Gasteiger charge is 2.36. The van der Waals surface area contributed by atoms with Gasteiger partial charge >= 0.3 is 0 Å². The molecule has 4 heteroatoms. The minimum atomic E-state index is -0.245. The van der Waals surface area contributed by atoms with E-state index < -0.39 is 0 Å². The van der Waals surface area contributed by atoms with Crippen molar-refractivity contribution < 1.29 is 0 Å². The second-order valence-electron chi connectivity index (χ2n) is 8.56. The summed E-state index contributed by atoms with van der Waals surface area (Å²) in [4.78, 5) is 6.61. The Morgan fingerprint density at radius 1 is 0.765 bits per heavy atom. The van der Waals surface area contributed by atoms with E-state index in [0.717, 1.165) is 31.0 Å². The van der Waals surface area contributed by atoms with Gasteiger partial charge in [-0.05, 0) is 47.5 Å². The lowest BCUT2D eigenvalue weighted by molar-refractivity contribution is 0.666. The topological polar surface area (TPSA) is 28.2 Å². The zero-order valence-corrected chi connectivity index (χ0v) is 20.8. The molecule has 3 nitrogen and oxygen atoms in total. The van der Waals surface area contributed by atoms with Gasteiger partial charge in [-0.2, -0.15) is 0 Å². The lowest BCUT2D eigenvalue weighted by Crippen LogP contribution is -2.26. The zero-order chi connectivity index (χ0) is 23.6. The van der Waals surface area contributed by atoms with Gasteiger partial charge in [0.1, 0.15) is 0 Å². The van der Waals surface area contributed by atoms with Gasteiger partial charge in [-0.25, -0.2) is 0 Å². The molecule has 0 aliphatic heterocycles. The first-order valence-corrected chi connectivity index (χ1v) is 12.8. The lowest BCUT2D eigenvalue weighted by atomic mass is 9.84. The van der Waals surface area contributed by atoms with Crippen molar-refractivity contribution in [2.24, 2.45) is 0 Å². The molecule has 0 aliphatic carbocycles. The fraction of sp³-hybridized carbons (Fsp3) is 0.233. The van der Waals surface area contributed by atoms with Crippen LogP contribution >= 0.6 is 11.8 Å². The zero-order valence-electron chi connectivity index (χ0n) is 20.0. The van der Waals surface area contributed by atoms with Crippen molar-refractivity contribution in [1.29, 1.82) is 0 Å². The van der Waals surface area contributed by atoms with Crippen molar-refractivity contribution in [1.82, 2.24) is 10.3 Å². The highest BCUT2D eigenvalue weighted by atomic mass is 32.2. The molecular weight excluding hydrogens is 434 g/mol. The van der Waals surface area contributed by atoms with Crippen LogP contribution in [-0.2, 0) is 11.3 Å². The molecule has 0 aliphatic rings. The summed E-state index contributed by atoms with van der Waals surface area (Å²) in [6.45, 7) is 1.74. The molecule has 0 bridgehead atoms. The highest BCUT2D eigenvalue weighted by Crippen LogP contribution is 2.48. The molecule has 0 saturated heterocycles. The molecule has 0 unspecified atom stereocenters. The monoisotopic (exact) mass is 467 g/mol. The fourth-order valence-electron chi connectivity index (χ4n) is 4.25. The van der Waals surface area contributed by atoms with E-state index in [0.29, 0.717) is 0 Å². The first-order valence-electron chi connectivity index (χ1n) is 11.8. The number of aromatic nitrogens is 1. The smallest absolute Gasteiger partial charge is 0.0906 e. The Labute approximate surface area is 208 Å². The maximum atomic E-state index is 4.50. The van der Waals surface area contributed by atoms with Crippen LogP contribution in [0.5, 0.6) is 0 Å². The molecule has 34 heavy (non-hydrogen) atoms. The van der Waals surface area contributed by atoms with Crippen molar-refractivity contribution in [2.75, 3.05) is 31.3 Å². The number of pyridine rings is 1. The second kappa shape index (κ2) is 11.9. The number of nitrogens with zero attached hydrogens (tertiary/aromatic N) is 2. The van der Waals surface area contributed by atoms with Crippen LogP contribution < -0.4 is 10.2 Å². The molecule has 3 aromatic carbocycles. The van der Waals surface area contributed by atoms with E-state index >= 15 is 0 Å². The van der Waals surface area contributed by atoms with Gasteiger partial charge in [0, 0.05) is 32.5 Å². The molecule has 0 radical (unpaired) electrons. The van der Waals surface area contributed by atoms with Gasteiger partial charge in [-0.3, -0.25) is 4.98 Å². The van der Waals surface area contributed by atoms with Crippen LogP contribution in [0.4, 0.5) is 5.69 Å². The summed E-state index contributed by atoms with van der Waals surface area (Å²) >= 11 is 2.02. The molecule has 174 valence electrons. The van der Waals surface area contributed by atoms with E-state index in [4.69, 9.17) is 0 Å². The molecule has 1 aromatic heterocycles. The van der Waals surface area contributed by atoms with E-state index in [1.165, 1.54) is 22.4 Å². The van der Waals surface area contributed by atoms with Crippen LogP contribution in [0.25, 0.3) is 0 Å². The van der Waals surface area contributed by atoms with Gasteiger partial charge in [0.05, 0.1) is 10.4 Å². The minimum Gasteiger partial charge on any atom is -0.378 e. The summed E-state index contributed by atoms with van der Waals surface area (Å²) in [5.41, 5.74) is 6.20. The average molecular weight is 468 g/mol. The van der Waals surface area contributed by atoms with Crippen LogP contribution in [0.3, 0.4) is 0 Å². The van der Waals surface area contributed by atoms with E-state index in [-0.39, 0.29) is 4.75 Å². The highest BCUT2D eigenvalue weighted by molar-refractivity contribution is 8.00. The molecule has 0 atom stereocenters. The molecule has 0 saturated carbocycles. The van der Waals surface area contributed by atoms with Crippen molar-refractivity contribution in [3.8, 4) is 0 Å². The van der Waals surface area contributed by atoms with E-state index in [9.17, 15) is 0 Å². The number of hydrogen-bond acceptors (Lipinski definition) is 4. The van der Waals surface area contributed by atoms with Crippen molar-refractivity contribution in [2.45, 2.75) is 17.7 Å². The van der Waals surface area contributed by atoms with Crippen LogP contribution in [-0.4, -0.2) is 31.4 Å². The molecule has 0 spiro atoms. The molecule has 1 heterocycles. The van der Waals surface area contributed by atoms with Gasteiger partial charge in [-0.15, -0.1) is 11.8 Å². The van der Waals surface area contributed by atoms with Crippen molar-refractivity contribution in [3.63, 3.8) is 0 Å². The Bertz CT molecular complexity index is 1030. The van der Waals surface area contributed by atoms with Crippen LogP contribution in [0, 0.1) is 0 Å². The first kappa shape index (κ1) is 24.1. The Hall–Kier alpha value is -3.08. The number of thioether (sulfide) groups is 1. The van der Waals surface area contributed by atoms with E-state index in [1.54, 1.807) is 0 Å². The van der Waals surface area contributed by atoms with E-state index in [1.807, 2.05) is 24.0 Å². The van der Waals surface area contributed by atoms with Gasteiger partial charge in [0.2, 0.25) is 0 Å². The van der Waals surface area contributed by atoms with Gasteiger partial charge in [-0.1, -0.05) is 91.0 Å². The third-order valence-electron chi connectivity index (χ3n) is 5.98. The number of nitrogens with one attached hydrogen (secondary N) is 1. The van der Waals surface area contributed by atoms with Gasteiger partial charge < -0.3 is 10.2 Å². The molecule has 0 amide bonds. The number of rotatable bonds is 11. The molecule has 1 N–H and O–H groups in total. The molecule has 4 rings (SSSR count). The third-order valence-corrected chi connectivity index (χ3v) is 7.61. The maximum absolute atomic E-state index is 4.50. The van der Waals surface area contributed by atoms with Crippen LogP contribution in [0.2, 0.25) is 0 Å². The van der Waals surface area contributed by atoms with Gasteiger partial charge in [0.15, 0.2) is 0 Å². The summed E-state index contributed by atoms with van der Waals surface area (Å²) in [6, 6.07) is 36.9. The minimum absolute atomic E-state index is 0.245. The Balaban J connectivity index is 1.48. The summed E-state index contributed by atoms with van der Waals surface area (Å²) < 4.78 is -0.245. The van der Waals surface area contributed by atoms with Crippen LogP contribution in [0.15, 0.2) is 109 Å². The average Bonchev–Trinajstić information content (AvgIpc) is 2.90. The van der Waals surface area contributed by atoms with Crippen molar-refractivity contribution >= 4 is 17.4 Å². The SMILES string of the molecule is CN(C)c1ccnc(CNCCCSC(c2ccccc2)(c2ccccc2)c2ccccc2)c1. The van der Waals surface area contributed by atoms with Crippen LogP contribution in [0.1, 0.15) is 28.8 Å². The summed E-state index contributed by atoms with van der Waals surface area (Å²) in [6.07, 6.45) is 2.96. The quantitative estimate of drug-likeness (QED) is 0.205. The lowest BCUT2D eigenvalue weighted by Gasteiger charge is -2.35. The first-order chi connectivity index (χ1) is 16.7. The predicted octanol–water partition coefficient (Wildman–Crippen LogP) is 6.35. The predicted molar refractivity (Wildman–Crippen MR) is 147 cm³/mol. The summed E-state index contributed by atoms with van der Waals surface area (Å²) in [7, 11) is 4.12. The summed E-state index contributed by atoms with van der Waals surface area (Å²) in [5.74, 6) is 1.04. The standard InChI is InChI=1S/C30H33N3S/c1-33(2)29-19-21-32-28(23-29)24-31-20-12-22-34-30(25-13-6-3-7-14-25,26-15-8-4-9-16-26)27-17-10-5-11-18-27/h3-11,13-19,21,23,31H,12,20,22,24H2,1-2H3. The van der Waals surface area contributed by atoms with E-state index in [2.05, 4.69) is 126 Å². The Morgan fingerprint density at radius 3 is 1.79 bits per heavy atom. The van der Waals surface area contributed by atoms with Crippen molar-refractivity contribution in [3.05, 3.63) is 132 Å². The number of hydrogen-bond donors (Lipinski definition) is 1. The molecule has 0 fully saturated rings.